The van der Waals surface area contributed by atoms with E-state index in [1.165, 1.54) is 0 Å². The van der Waals surface area contributed by atoms with E-state index in [1.807, 2.05) is 12.4 Å². The number of nitrogens with two attached hydrogens (primary N) is 1. The Bertz CT molecular complexity index is 421. The van der Waals surface area contributed by atoms with Gasteiger partial charge in [-0.15, -0.1) is 0 Å². The number of nitrogens with one attached hydrogen (secondary N) is 1. The lowest BCUT2D eigenvalue weighted by Crippen LogP contribution is -2.27. The van der Waals surface area contributed by atoms with Gasteiger partial charge in [-0.3, -0.25) is 9.78 Å². The zero-order valence-electron chi connectivity index (χ0n) is 10.7. The molecule has 1 saturated heterocycles. The van der Waals surface area contributed by atoms with Crippen molar-refractivity contribution in [2.24, 2.45) is 11.7 Å². The lowest BCUT2D eigenvalue weighted by Gasteiger charge is -2.18. The monoisotopic (exact) mass is 248 g/mol. The second-order valence-electron chi connectivity index (χ2n) is 4.69. The highest BCUT2D eigenvalue weighted by Crippen LogP contribution is 2.24. The first-order valence-electron chi connectivity index (χ1n) is 6.44. The quantitative estimate of drug-likeness (QED) is 0.821. The van der Waals surface area contributed by atoms with Crippen LogP contribution in [0.25, 0.3) is 0 Å². The first-order chi connectivity index (χ1) is 8.70. The second kappa shape index (κ2) is 5.71. The van der Waals surface area contributed by atoms with Crippen molar-refractivity contribution in [2.45, 2.75) is 19.8 Å². The van der Waals surface area contributed by atoms with Gasteiger partial charge in [-0.1, -0.05) is 6.92 Å². The molecule has 98 valence electrons. The minimum atomic E-state index is -0.203. The molecule has 1 atom stereocenters. The third-order valence-electron chi connectivity index (χ3n) is 3.26. The summed E-state index contributed by atoms with van der Waals surface area (Å²) in [4.78, 5) is 17.6. The van der Waals surface area contributed by atoms with E-state index < -0.39 is 0 Å². The molecule has 1 aromatic rings. The molecule has 1 aliphatic heterocycles. The van der Waals surface area contributed by atoms with E-state index in [0.717, 1.165) is 37.3 Å². The lowest BCUT2D eigenvalue weighted by atomic mass is 10.1. The van der Waals surface area contributed by atoms with Crippen LogP contribution in [0, 0.1) is 5.92 Å². The second-order valence-corrected chi connectivity index (χ2v) is 4.69. The number of hydrogen-bond acceptors (Lipinski definition) is 4. The van der Waals surface area contributed by atoms with Crippen LogP contribution in [-0.2, 0) is 4.79 Å². The van der Waals surface area contributed by atoms with E-state index in [9.17, 15) is 4.79 Å². The molecular weight excluding hydrogens is 228 g/mol. The molecule has 2 rings (SSSR count). The van der Waals surface area contributed by atoms with Crippen molar-refractivity contribution in [3.63, 3.8) is 0 Å². The first kappa shape index (κ1) is 12.7. The maximum absolute atomic E-state index is 11.2. The summed E-state index contributed by atoms with van der Waals surface area (Å²) >= 11 is 0. The molecule has 0 aliphatic carbocycles. The number of amides is 1. The minimum Gasteiger partial charge on any atom is -0.384 e. The van der Waals surface area contributed by atoms with E-state index in [2.05, 4.69) is 28.2 Å². The molecule has 0 spiro atoms. The number of primary amides is 1. The highest BCUT2D eigenvalue weighted by Gasteiger charge is 2.26. The molecule has 1 unspecified atom stereocenters. The molecule has 5 heteroatoms. The predicted molar refractivity (Wildman–Crippen MR) is 72.5 cm³/mol. The number of hydrogen-bond donors (Lipinski definition) is 2. The molecule has 5 nitrogen and oxygen atoms in total. The Morgan fingerprint density at radius 3 is 3.11 bits per heavy atom. The molecule has 0 bridgehead atoms. The van der Waals surface area contributed by atoms with Crippen molar-refractivity contribution in [1.82, 2.24) is 4.98 Å². The molecule has 0 saturated carbocycles. The van der Waals surface area contributed by atoms with Gasteiger partial charge in [0.2, 0.25) is 5.91 Å². The number of pyridine rings is 1. The van der Waals surface area contributed by atoms with Gasteiger partial charge in [0.25, 0.3) is 0 Å². The molecule has 0 aromatic carbocycles. The van der Waals surface area contributed by atoms with Crippen LogP contribution in [0.4, 0.5) is 11.4 Å². The van der Waals surface area contributed by atoms with Crippen LogP contribution in [0.2, 0.25) is 0 Å². The summed E-state index contributed by atoms with van der Waals surface area (Å²) in [5.74, 6) is -0.233. The molecular formula is C13H20N4O. The van der Waals surface area contributed by atoms with E-state index >= 15 is 0 Å². The van der Waals surface area contributed by atoms with Crippen LogP contribution in [0.15, 0.2) is 18.5 Å². The van der Waals surface area contributed by atoms with Gasteiger partial charge in [-0.05, 0) is 18.9 Å². The highest BCUT2D eigenvalue weighted by molar-refractivity contribution is 5.78. The molecule has 1 aromatic heterocycles. The zero-order chi connectivity index (χ0) is 13.0. The Balaban J connectivity index is 2.03. The van der Waals surface area contributed by atoms with Crippen molar-refractivity contribution in [2.75, 3.05) is 29.9 Å². The topological polar surface area (TPSA) is 71.2 Å². The minimum absolute atomic E-state index is 0.0303. The van der Waals surface area contributed by atoms with Crippen LogP contribution in [0.1, 0.15) is 19.8 Å². The van der Waals surface area contributed by atoms with Crippen LogP contribution >= 0.6 is 0 Å². The Morgan fingerprint density at radius 2 is 2.44 bits per heavy atom. The first-order valence-corrected chi connectivity index (χ1v) is 6.44. The summed E-state index contributed by atoms with van der Waals surface area (Å²) in [7, 11) is 0. The SMILES string of the molecule is CCCNc1cncc(N2CCC(C(N)=O)C2)c1. The molecule has 1 fully saturated rings. The summed E-state index contributed by atoms with van der Waals surface area (Å²) in [5, 5.41) is 3.31. The van der Waals surface area contributed by atoms with Gasteiger partial charge >= 0.3 is 0 Å². The third kappa shape index (κ3) is 2.91. The predicted octanol–water partition coefficient (Wildman–Crippen LogP) is 1.22. The normalized spacial score (nSPS) is 18.9. The van der Waals surface area contributed by atoms with Crippen molar-refractivity contribution in [1.29, 1.82) is 0 Å². The Labute approximate surface area is 107 Å². The molecule has 1 amide bonds. The number of nitrogens with zero attached hydrogens (tertiary/aromatic N) is 2. The van der Waals surface area contributed by atoms with Crippen molar-refractivity contribution in [3.8, 4) is 0 Å². The third-order valence-corrected chi connectivity index (χ3v) is 3.26. The Hall–Kier alpha value is -1.78. The van der Waals surface area contributed by atoms with Crippen molar-refractivity contribution >= 4 is 17.3 Å². The fraction of sp³-hybridized carbons (Fsp3) is 0.538. The number of carbonyl (C=O) groups excluding carboxylic acids is 1. The maximum Gasteiger partial charge on any atom is 0.222 e. The zero-order valence-corrected chi connectivity index (χ0v) is 10.7. The van der Waals surface area contributed by atoms with Crippen LogP contribution in [0.3, 0.4) is 0 Å². The fourth-order valence-corrected chi connectivity index (χ4v) is 2.19. The standard InChI is InChI=1S/C13H20N4O/c1-2-4-16-11-6-12(8-15-7-11)17-5-3-10(9-17)13(14)18/h6-8,10,16H,2-5,9H2,1H3,(H2,14,18). The van der Waals surface area contributed by atoms with Gasteiger partial charge in [0, 0.05) is 19.6 Å². The average molecular weight is 248 g/mol. The van der Waals surface area contributed by atoms with E-state index in [0.29, 0.717) is 6.54 Å². The largest absolute Gasteiger partial charge is 0.384 e. The maximum atomic E-state index is 11.2. The lowest BCUT2D eigenvalue weighted by molar-refractivity contribution is -0.121. The van der Waals surface area contributed by atoms with Gasteiger partial charge in [-0.2, -0.15) is 0 Å². The number of rotatable bonds is 5. The van der Waals surface area contributed by atoms with E-state index in [-0.39, 0.29) is 11.8 Å². The van der Waals surface area contributed by atoms with Crippen LogP contribution in [0.5, 0.6) is 0 Å². The molecule has 2 heterocycles. The number of anilines is 2. The highest BCUT2D eigenvalue weighted by atomic mass is 16.1. The number of aromatic nitrogens is 1. The summed E-state index contributed by atoms with van der Waals surface area (Å²) < 4.78 is 0. The van der Waals surface area contributed by atoms with Gasteiger partial charge in [0.05, 0.1) is 29.7 Å². The molecule has 0 radical (unpaired) electrons. The average Bonchev–Trinajstić information content (AvgIpc) is 2.86. The van der Waals surface area contributed by atoms with Gasteiger partial charge in [0.1, 0.15) is 0 Å². The molecule has 18 heavy (non-hydrogen) atoms. The van der Waals surface area contributed by atoms with Gasteiger partial charge in [-0.25, -0.2) is 0 Å². The fourth-order valence-electron chi connectivity index (χ4n) is 2.19. The van der Waals surface area contributed by atoms with Crippen molar-refractivity contribution in [3.05, 3.63) is 18.5 Å². The summed E-state index contributed by atoms with van der Waals surface area (Å²) in [5.41, 5.74) is 7.42. The smallest absolute Gasteiger partial charge is 0.222 e. The van der Waals surface area contributed by atoms with Crippen LogP contribution in [-0.4, -0.2) is 30.5 Å². The Morgan fingerprint density at radius 1 is 1.61 bits per heavy atom. The van der Waals surface area contributed by atoms with E-state index in [4.69, 9.17) is 5.73 Å². The van der Waals surface area contributed by atoms with Crippen LogP contribution < -0.4 is 16.0 Å². The summed E-state index contributed by atoms with van der Waals surface area (Å²) in [6.07, 6.45) is 5.57. The van der Waals surface area contributed by atoms with Gasteiger partial charge in [0.15, 0.2) is 0 Å². The van der Waals surface area contributed by atoms with Gasteiger partial charge < -0.3 is 16.0 Å². The number of carbonyl (C=O) groups is 1. The molecule has 3 N–H and O–H groups in total. The summed E-state index contributed by atoms with van der Waals surface area (Å²) in [6, 6.07) is 2.08. The summed E-state index contributed by atoms with van der Waals surface area (Å²) in [6.45, 7) is 4.64. The van der Waals surface area contributed by atoms with E-state index in [1.54, 1.807) is 0 Å². The Kier molecular flexibility index (Phi) is 4.02. The van der Waals surface area contributed by atoms with Crippen molar-refractivity contribution < 1.29 is 4.79 Å². The molecule has 1 aliphatic rings.